The van der Waals surface area contributed by atoms with Gasteiger partial charge in [-0.2, -0.15) is 0 Å². The monoisotopic (exact) mass is 337 g/mol. The second-order valence-corrected chi connectivity index (χ2v) is 6.01. The molecule has 0 aliphatic rings. The summed E-state index contributed by atoms with van der Waals surface area (Å²) in [5.74, 6) is -1.16. The first-order valence-corrected chi connectivity index (χ1v) is 7.64. The van der Waals surface area contributed by atoms with E-state index in [0.717, 1.165) is 24.3 Å². The average molecular weight is 337 g/mol. The van der Waals surface area contributed by atoms with Gasteiger partial charge in [-0.25, -0.2) is 8.42 Å². The van der Waals surface area contributed by atoms with Crippen molar-refractivity contribution in [2.24, 2.45) is 0 Å². The predicted molar refractivity (Wildman–Crippen MR) is 79.0 cm³/mol. The summed E-state index contributed by atoms with van der Waals surface area (Å²) in [4.78, 5) is 23.2. The van der Waals surface area contributed by atoms with Crippen molar-refractivity contribution in [2.75, 3.05) is 0 Å². The molecule has 0 spiro atoms. The van der Waals surface area contributed by atoms with Crippen molar-refractivity contribution in [1.82, 2.24) is 10.3 Å². The van der Waals surface area contributed by atoms with E-state index in [4.69, 9.17) is 0 Å². The minimum absolute atomic E-state index is 0.112. The number of para-hydroxylation sites is 1. The second-order valence-electron chi connectivity index (χ2n) is 4.33. The number of non-ortho nitro benzene ring substituents is 1. The molecule has 0 radical (unpaired) electrons. The molecule has 23 heavy (non-hydrogen) atoms. The van der Waals surface area contributed by atoms with Crippen LogP contribution in [-0.4, -0.2) is 24.4 Å². The number of nitrogens with one attached hydrogen (secondary N) is 2. The van der Waals surface area contributed by atoms with Crippen molar-refractivity contribution in [3.8, 4) is 5.75 Å². The minimum Gasteiger partial charge on any atom is -0.507 e. The summed E-state index contributed by atoms with van der Waals surface area (Å²) in [6.07, 6.45) is 0. The molecule has 2 aromatic rings. The van der Waals surface area contributed by atoms with Gasteiger partial charge < -0.3 is 5.11 Å². The van der Waals surface area contributed by atoms with Crippen molar-refractivity contribution in [1.29, 1.82) is 0 Å². The molecule has 0 heterocycles. The Kier molecular flexibility index (Phi) is 4.57. The molecule has 0 atom stereocenters. The van der Waals surface area contributed by atoms with Gasteiger partial charge in [0.2, 0.25) is 0 Å². The summed E-state index contributed by atoms with van der Waals surface area (Å²) >= 11 is 0. The first kappa shape index (κ1) is 16.4. The Labute approximate surface area is 130 Å². The van der Waals surface area contributed by atoms with Crippen LogP contribution in [-0.2, 0) is 10.0 Å². The van der Waals surface area contributed by atoms with Crippen LogP contribution in [0.3, 0.4) is 0 Å². The van der Waals surface area contributed by atoms with E-state index in [-0.39, 0.29) is 21.9 Å². The maximum absolute atomic E-state index is 12.0. The molecule has 0 aliphatic carbocycles. The number of phenols is 1. The number of sulfonamides is 1. The molecule has 0 bridgehead atoms. The second kappa shape index (κ2) is 6.42. The molecule has 0 saturated carbocycles. The molecule has 1 amide bonds. The number of hydrogen-bond acceptors (Lipinski definition) is 6. The molecule has 3 N–H and O–H groups in total. The van der Waals surface area contributed by atoms with Crippen molar-refractivity contribution >= 4 is 21.6 Å². The summed E-state index contributed by atoms with van der Waals surface area (Å²) < 4.78 is 24.0. The van der Waals surface area contributed by atoms with Gasteiger partial charge in [0.15, 0.2) is 0 Å². The number of nitro groups is 1. The molecule has 0 aromatic heterocycles. The molecular formula is C13H11N3O6S. The number of carbonyl (C=O) groups is 1. The average Bonchev–Trinajstić information content (AvgIpc) is 2.53. The number of nitro benzene ring substituents is 1. The lowest BCUT2D eigenvalue weighted by Crippen LogP contribution is -2.41. The van der Waals surface area contributed by atoms with Crippen LogP contribution in [0.5, 0.6) is 5.75 Å². The summed E-state index contributed by atoms with van der Waals surface area (Å²) in [7, 11) is -4.10. The topological polar surface area (TPSA) is 139 Å². The van der Waals surface area contributed by atoms with Crippen LogP contribution in [0.1, 0.15) is 10.4 Å². The van der Waals surface area contributed by atoms with Gasteiger partial charge in [-0.15, -0.1) is 4.83 Å². The Morgan fingerprint density at radius 3 is 2.26 bits per heavy atom. The number of benzene rings is 2. The quantitative estimate of drug-likeness (QED) is 0.548. The largest absolute Gasteiger partial charge is 0.507 e. The van der Waals surface area contributed by atoms with Gasteiger partial charge in [0, 0.05) is 12.1 Å². The van der Waals surface area contributed by atoms with E-state index < -0.39 is 20.9 Å². The molecule has 0 fully saturated rings. The molecule has 0 unspecified atom stereocenters. The molecule has 9 nitrogen and oxygen atoms in total. The van der Waals surface area contributed by atoms with E-state index in [0.29, 0.717) is 0 Å². The molecule has 0 aliphatic heterocycles. The van der Waals surface area contributed by atoms with Crippen molar-refractivity contribution in [3.63, 3.8) is 0 Å². The summed E-state index contributed by atoms with van der Waals surface area (Å²) in [6.45, 7) is 0. The molecule has 120 valence electrons. The van der Waals surface area contributed by atoms with E-state index in [1.165, 1.54) is 24.3 Å². The zero-order valence-corrected chi connectivity index (χ0v) is 12.3. The van der Waals surface area contributed by atoms with Gasteiger partial charge in [0.1, 0.15) is 5.75 Å². The highest BCUT2D eigenvalue weighted by Crippen LogP contribution is 2.16. The van der Waals surface area contributed by atoms with Gasteiger partial charge in [0.05, 0.1) is 15.4 Å². The van der Waals surface area contributed by atoms with Crippen LogP contribution in [0.25, 0.3) is 0 Å². The van der Waals surface area contributed by atoms with Gasteiger partial charge in [0.25, 0.3) is 21.6 Å². The fourth-order valence-corrected chi connectivity index (χ4v) is 2.49. The zero-order chi connectivity index (χ0) is 17.0. The van der Waals surface area contributed by atoms with Crippen molar-refractivity contribution < 1.29 is 23.2 Å². The third-order valence-corrected chi connectivity index (χ3v) is 4.07. The van der Waals surface area contributed by atoms with E-state index >= 15 is 0 Å². The number of aromatic hydroxyl groups is 1. The number of rotatable bonds is 5. The molecule has 0 saturated heterocycles. The summed E-state index contributed by atoms with van der Waals surface area (Å²) in [5.41, 5.74) is 1.57. The molecule has 2 rings (SSSR count). The highest BCUT2D eigenvalue weighted by atomic mass is 32.2. The Bertz CT molecular complexity index is 848. The third-order valence-electron chi connectivity index (χ3n) is 2.81. The number of hydrazine groups is 1. The fraction of sp³-hybridized carbons (Fsp3) is 0. The maximum atomic E-state index is 12.0. The molecular weight excluding hydrogens is 326 g/mol. The fourth-order valence-electron chi connectivity index (χ4n) is 1.65. The predicted octanol–water partition coefficient (Wildman–Crippen LogP) is 0.924. The van der Waals surface area contributed by atoms with Crippen LogP contribution in [0.15, 0.2) is 53.4 Å². The Balaban J connectivity index is 2.11. The maximum Gasteiger partial charge on any atom is 0.269 e. The van der Waals surface area contributed by atoms with Crippen LogP contribution in [0.4, 0.5) is 5.69 Å². The Hall–Kier alpha value is -2.98. The van der Waals surface area contributed by atoms with Gasteiger partial charge in [-0.1, -0.05) is 12.1 Å². The number of carbonyl (C=O) groups excluding carboxylic acids is 1. The van der Waals surface area contributed by atoms with E-state index in [1.54, 1.807) is 0 Å². The smallest absolute Gasteiger partial charge is 0.269 e. The van der Waals surface area contributed by atoms with E-state index in [1.807, 2.05) is 10.3 Å². The standard InChI is InChI=1S/C13H11N3O6S/c17-12-4-2-1-3-11(12)13(18)14-15-23(21,22)10-7-5-9(6-8-10)16(19)20/h1-8,15,17H,(H,14,18). The number of hydrogen-bond donors (Lipinski definition) is 3. The molecule has 2 aromatic carbocycles. The van der Waals surface area contributed by atoms with Crippen LogP contribution in [0.2, 0.25) is 0 Å². The van der Waals surface area contributed by atoms with Crippen LogP contribution < -0.4 is 10.3 Å². The lowest BCUT2D eigenvalue weighted by molar-refractivity contribution is -0.384. The van der Waals surface area contributed by atoms with Gasteiger partial charge in [-0.05, 0) is 24.3 Å². The van der Waals surface area contributed by atoms with E-state index in [2.05, 4.69) is 0 Å². The lowest BCUT2D eigenvalue weighted by Gasteiger charge is -2.09. The van der Waals surface area contributed by atoms with Crippen LogP contribution >= 0.6 is 0 Å². The lowest BCUT2D eigenvalue weighted by atomic mass is 10.2. The van der Waals surface area contributed by atoms with E-state index in [9.17, 15) is 28.4 Å². The van der Waals surface area contributed by atoms with Crippen molar-refractivity contribution in [2.45, 2.75) is 4.90 Å². The van der Waals surface area contributed by atoms with Gasteiger partial charge >= 0.3 is 0 Å². The molecule has 10 heteroatoms. The SMILES string of the molecule is O=C(NNS(=O)(=O)c1ccc([N+](=O)[O-])cc1)c1ccccc1O. The van der Waals surface area contributed by atoms with Crippen LogP contribution in [0, 0.1) is 10.1 Å². The number of phenolic OH excluding ortho intramolecular Hbond substituents is 1. The third kappa shape index (κ3) is 3.81. The number of nitrogens with zero attached hydrogens (tertiary/aromatic N) is 1. The van der Waals surface area contributed by atoms with Crippen molar-refractivity contribution in [3.05, 3.63) is 64.2 Å². The summed E-state index contributed by atoms with van der Waals surface area (Å²) in [5, 5.41) is 20.0. The first-order valence-electron chi connectivity index (χ1n) is 6.16. The summed E-state index contributed by atoms with van der Waals surface area (Å²) in [6, 6.07) is 9.72. The highest BCUT2D eigenvalue weighted by molar-refractivity contribution is 7.89. The Morgan fingerprint density at radius 1 is 1.09 bits per heavy atom. The highest BCUT2D eigenvalue weighted by Gasteiger charge is 2.18. The zero-order valence-electron chi connectivity index (χ0n) is 11.5. The number of amides is 1. The first-order chi connectivity index (χ1) is 10.8. The van der Waals surface area contributed by atoms with Gasteiger partial charge in [-0.3, -0.25) is 20.3 Å². The normalized spacial score (nSPS) is 11.0. The Morgan fingerprint density at radius 2 is 1.70 bits per heavy atom. The minimum atomic E-state index is -4.10.